The lowest BCUT2D eigenvalue weighted by Gasteiger charge is -2.12. The second-order valence-electron chi connectivity index (χ2n) is 4.49. The highest BCUT2D eigenvalue weighted by atomic mass is 32.2. The van der Waals surface area contributed by atoms with Crippen LogP contribution in [-0.2, 0) is 0 Å². The molecule has 4 N–H and O–H groups in total. The van der Waals surface area contributed by atoms with Gasteiger partial charge in [0, 0.05) is 11.3 Å². The van der Waals surface area contributed by atoms with Crippen molar-refractivity contribution in [3.8, 4) is 0 Å². The summed E-state index contributed by atoms with van der Waals surface area (Å²) in [7, 11) is 0. The zero-order valence-corrected chi connectivity index (χ0v) is 11.7. The van der Waals surface area contributed by atoms with Crippen LogP contribution in [0.5, 0.6) is 0 Å². The molecule has 1 aliphatic carbocycles. The van der Waals surface area contributed by atoms with Crippen LogP contribution in [0.1, 0.15) is 36.7 Å². The van der Waals surface area contributed by atoms with Gasteiger partial charge >= 0.3 is 0 Å². The van der Waals surface area contributed by atoms with Gasteiger partial charge in [0.15, 0.2) is 5.82 Å². The highest BCUT2D eigenvalue weighted by molar-refractivity contribution is 7.99. The third kappa shape index (κ3) is 3.81. The van der Waals surface area contributed by atoms with Crippen molar-refractivity contribution in [2.24, 2.45) is 5.84 Å². The van der Waals surface area contributed by atoms with E-state index in [2.05, 4.69) is 27.6 Å². The molecule has 1 saturated carbocycles. The Labute approximate surface area is 116 Å². The van der Waals surface area contributed by atoms with E-state index in [9.17, 15) is 4.79 Å². The molecule has 104 valence electrons. The van der Waals surface area contributed by atoms with Gasteiger partial charge in [-0.2, -0.15) is 11.8 Å². The van der Waals surface area contributed by atoms with E-state index in [0.29, 0.717) is 16.8 Å². The standard InChI is InChI=1S/C12H19N5OS/c1-2-19-9-4-3-8(5-9)16-12(18)10-6-15-11(17-13)7-14-10/h6-9H,2-5,13H2,1H3,(H,15,17)(H,16,18). The molecule has 1 aromatic rings. The van der Waals surface area contributed by atoms with E-state index in [-0.39, 0.29) is 11.9 Å². The van der Waals surface area contributed by atoms with Crippen molar-refractivity contribution in [3.05, 3.63) is 18.1 Å². The molecular formula is C12H19N5OS. The van der Waals surface area contributed by atoms with Crippen LogP contribution >= 0.6 is 11.8 Å². The van der Waals surface area contributed by atoms with Crippen molar-refractivity contribution in [2.75, 3.05) is 11.2 Å². The summed E-state index contributed by atoms with van der Waals surface area (Å²) >= 11 is 1.97. The second kappa shape index (κ2) is 6.72. The Morgan fingerprint density at radius 1 is 1.47 bits per heavy atom. The topological polar surface area (TPSA) is 92.9 Å². The molecule has 0 spiro atoms. The summed E-state index contributed by atoms with van der Waals surface area (Å²) in [5, 5.41) is 3.69. The number of anilines is 1. The smallest absolute Gasteiger partial charge is 0.271 e. The molecule has 1 fully saturated rings. The third-order valence-electron chi connectivity index (χ3n) is 3.15. The lowest BCUT2D eigenvalue weighted by molar-refractivity contribution is 0.0932. The van der Waals surface area contributed by atoms with Gasteiger partial charge in [0.05, 0.1) is 12.4 Å². The van der Waals surface area contributed by atoms with Gasteiger partial charge in [-0.25, -0.2) is 15.8 Å². The van der Waals surface area contributed by atoms with E-state index < -0.39 is 0 Å². The van der Waals surface area contributed by atoms with Crippen molar-refractivity contribution in [1.29, 1.82) is 0 Å². The Morgan fingerprint density at radius 3 is 2.95 bits per heavy atom. The lowest BCUT2D eigenvalue weighted by atomic mass is 10.2. The average Bonchev–Trinajstić information content (AvgIpc) is 2.86. The molecular weight excluding hydrogens is 262 g/mol. The Balaban J connectivity index is 1.87. The maximum absolute atomic E-state index is 12.0. The lowest BCUT2D eigenvalue weighted by Crippen LogP contribution is -2.33. The number of nitrogens with two attached hydrogens (primary N) is 1. The molecule has 0 radical (unpaired) electrons. The minimum Gasteiger partial charge on any atom is -0.348 e. The summed E-state index contributed by atoms with van der Waals surface area (Å²) in [5.41, 5.74) is 2.70. The number of carbonyl (C=O) groups is 1. The van der Waals surface area contributed by atoms with Gasteiger partial charge < -0.3 is 10.7 Å². The Hall–Kier alpha value is -1.34. The normalized spacial score (nSPS) is 22.2. The van der Waals surface area contributed by atoms with Crippen LogP contribution < -0.4 is 16.6 Å². The summed E-state index contributed by atoms with van der Waals surface area (Å²) in [4.78, 5) is 20.0. The number of nitrogens with zero attached hydrogens (tertiary/aromatic N) is 2. The Kier molecular flexibility index (Phi) is 4.98. The fourth-order valence-corrected chi connectivity index (χ4v) is 3.38. The Morgan fingerprint density at radius 2 is 2.32 bits per heavy atom. The van der Waals surface area contributed by atoms with Crippen LogP contribution in [-0.4, -0.2) is 32.9 Å². The van der Waals surface area contributed by atoms with Crippen LogP contribution in [0.4, 0.5) is 5.82 Å². The predicted octanol–water partition coefficient (Wildman–Crippen LogP) is 1.17. The number of amides is 1. The predicted molar refractivity (Wildman–Crippen MR) is 76.9 cm³/mol. The van der Waals surface area contributed by atoms with Crippen LogP contribution in [0, 0.1) is 0 Å². The molecule has 1 heterocycles. The Bertz CT molecular complexity index is 425. The molecule has 0 aliphatic heterocycles. The van der Waals surface area contributed by atoms with Crippen molar-refractivity contribution in [1.82, 2.24) is 15.3 Å². The van der Waals surface area contributed by atoms with Gasteiger partial charge in [-0.15, -0.1) is 0 Å². The number of rotatable bonds is 5. The van der Waals surface area contributed by atoms with E-state index in [4.69, 9.17) is 5.84 Å². The van der Waals surface area contributed by atoms with E-state index >= 15 is 0 Å². The van der Waals surface area contributed by atoms with Crippen LogP contribution in [0.3, 0.4) is 0 Å². The first-order valence-corrected chi connectivity index (χ1v) is 7.49. The minimum absolute atomic E-state index is 0.164. The SMILES string of the molecule is CCSC1CCC(NC(=O)c2cnc(NN)cn2)C1. The van der Waals surface area contributed by atoms with Gasteiger partial charge in [-0.05, 0) is 25.0 Å². The van der Waals surface area contributed by atoms with Crippen molar-refractivity contribution < 1.29 is 4.79 Å². The maximum Gasteiger partial charge on any atom is 0.271 e. The maximum atomic E-state index is 12.0. The van der Waals surface area contributed by atoms with Crippen LogP contribution in [0.15, 0.2) is 12.4 Å². The molecule has 1 aliphatic rings. The molecule has 7 heteroatoms. The number of aromatic nitrogens is 2. The fourth-order valence-electron chi connectivity index (χ4n) is 2.24. The highest BCUT2D eigenvalue weighted by Gasteiger charge is 2.26. The van der Waals surface area contributed by atoms with E-state index in [1.54, 1.807) is 0 Å². The van der Waals surface area contributed by atoms with Crippen molar-refractivity contribution >= 4 is 23.5 Å². The van der Waals surface area contributed by atoms with Crippen molar-refractivity contribution in [2.45, 2.75) is 37.5 Å². The third-order valence-corrected chi connectivity index (χ3v) is 4.39. The number of hydrogen-bond acceptors (Lipinski definition) is 6. The molecule has 2 rings (SSSR count). The number of nitrogens with one attached hydrogen (secondary N) is 2. The van der Waals surface area contributed by atoms with Crippen molar-refractivity contribution in [3.63, 3.8) is 0 Å². The first-order valence-electron chi connectivity index (χ1n) is 6.44. The quantitative estimate of drug-likeness (QED) is 0.554. The number of hydrogen-bond donors (Lipinski definition) is 3. The molecule has 0 saturated heterocycles. The van der Waals surface area contributed by atoms with Gasteiger partial charge in [0.2, 0.25) is 0 Å². The molecule has 2 unspecified atom stereocenters. The summed E-state index contributed by atoms with van der Waals surface area (Å²) in [6.45, 7) is 2.17. The average molecular weight is 281 g/mol. The molecule has 1 amide bonds. The zero-order valence-electron chi connectivity index (χ0n) is 10.9. The monoisotopic (exact) mass is 281 g/mol. The van der Waals surface area contributed by atoms with Gasteiger partial charge in [0.1, 0.15) is 5.69 Å². The van der Waals surface area contributed by atoms with Gasteiger partial charge in [-0.3, -0.25) is 4.79 Å². The van der Waals surface area contributed by atoms with Crippen LogP contribution in [0.2, 0.25) is 0 Å². The molecule has 0 bridgehead atoms. The molecule has 0 aromatic carbocycles. The summed E-state index contributed by atoms with van der Waals surface area (Å²) in [6, 6.07) is 0.255. The summed E-state index contributed by atoms with van der Waals surface area (Å²) in [6.07, 6.45) is 6.13. The molecule has 19 heavy (non-hydrogen) atoms. The first-order chi connectivity index (χ1) is 9.22. The minimum atomic E-state index is -0.164. The second-order valence-corrected chi connectivity index (χ2v) is 6.07. The molecule has 6 nitrogen and oxygen atoms in total. The highest BCUT2D eigenvalue weighted by Crippen LogP contribution is 2.29. The zero-order chi connectivity index (χ0) is 13.7. The summed E-state index contributed by atoms with van der Waals surface area (Å²) in [5.74, 6) is 6.60. The largest absolute Gasteiger partial charge is 0.348 e. The number of thioether (sulfide) groups is 1. The fraction of sp³-hybridized carbons (Fsp3) is 0.583. The molecule has 1 aromatic heterocycles. The number of nitrogen functional groups attached to an aromatic ring is 1. The number of hydrazine groups is 1. The first kappa shape index (κ1) is 14.1. The van der Waals surface area contributed by atoms with Gasteiger partial charge in [0.25, 0.3) is 5.91 Å². The number of carbonyl (C=O) groups excluding carboxylic acids is 1. The van der Waals surface area contributed by atoms with E-state index in [1.165, 1.54) is 18.8 Å². The molecule has 2 atom stereocenters. The summed E-state index contributed by atoms with van der Waals surface area (Å²) < 4.78 is 0. The van der Waals surface area contributed by atoms with E-state index in [0.717, 1.165) is 18.6 Å². The van der Waals surface area contributed by atoms with E-state index in [1.807, 2.05) is 11.8 Å². The van der Waals surface area contributed by atoms with Crippen LogP contribution in [0.25, 0.3) is 0 Å². The van der Waals surface area contributed by atoms with Gasteiger partial charge in [-0.1, -0.05) is 6.92 Å².